The maximum Gasteiger partial charge on any atom is 0.244 e. The molecule has 1 unspecified atom stereocenters. The SMILES string of the molecule is COc1cccc(CN(C)C(C(=O)N2CCCC2)c2ccccc2)c1OC. The Morgan fingerprint density at radius 3 is 2.37 bits per heavy atom. The summed E-state index contributed by atoms with van der Waals surface area (Å²) in [4.78, 5) is 17.4. The Bertz CT molecular complexity index is 757. The minimum atomic E-state index is -0.319. The first-order valence-electron chi connectivity index (χ1n) is 9.39. The van der Waals surface area contributed by atoms with E-state index in [1.165, 1.54) is 0 Å². The van der Waals surface area contributed by atoms with Crippen molar-refractivity contribution in [1.82, 2.24) is 9.80 Å². The van der Waals surface area contributed by atoms with Crippen molar-refractivity contribution >= 4 is 5.91 Å². The monoisotopic (exact) mass is 368 g/mol. The molecule has 0 aliphatic carbocycles. The van der Waals surface area contributed by atoms with Crippen molar-refractivity contribution < 1.29 is 14.3 Å². The molecule has 1 aliphatic rings. The van der Waals surface area contributed by atoms with E-state index in [0.29, 0.717) is 18.0 Å². The van der Waals surface area contributed by atoms with Gasteiger partial charge in [-0.2, -0.15) is 0 Å². The fourth-order valence-electron chi connectivity index (χ4n) is 3.77. The summed E-state index contributed by atoms with van der Waals surface area (Å²) in [6.07, 6.45) is 2.17. The van der Waals surface area contributed by atoms with E-state index in [2.05, 4.69) is 4.90 Å². The number of para-hydroxylation sites is 1. The summed E-state index contributed by atoms with van der Waals surface area (Å²) >= 11 is 0. The number of benzene rings is 2. The fraction of sp³-hybridized carbons (Fsp3) is 0.409. The van der Waals surface area contributed by atoms with Crippen molar-refractivity contribution in [3.05, 3.63) is 59.7 Å². The average molecular weight is 368 g/mol. The summed E-state index contributed by atoms with van der Waals surface area (Å²) in [5.74, 6) is 1.58. The van der Waals surface area contributed by atoms with Gasteiger partial charge >= 0.3 is 0 Å². The topological polar surface area (TPSA) is 42.0 Å². The van der Waals surface area contributed by atoms with Crippen LogP contribution in [-0.2, 0) is 11.3 Å². The number of methoxy groups -OCH3 is 2. The summed E-state index contributed by atoms with van der Waals surface area (Å²) in [6, 6.07) is 15.5. The van der Waals surface area contributed by atoms with Crippen molar-refractivity contribution in [2.45, 2.75) is 25.4 Å². The zero-order valence-corrected chi connectivity index (χ0v) is 16.4. The van der Waals surface area contributed by atoms with Crippen molar-refractivity contribution in [3.8, 4) is 11.5 Å². The Morgan fingerprint density at radius 2 is 1.74 bits per heavy atom. The number of rotatable bonds is 7. The number of amides is 1. The van der Waals surface area contributed by atoms with Gasteiger partial charge in [-0.3, -0.25) is 9.69 Å². The maximum absolute atomic E-state index is 13.3. The molecule has 0 spiro atoms. The summed E-state index contributed by atoms with van der Waals surface area (Å²) < 4.78 is 11.0. The fourth-order valence-corrected chi connectivity index (χ4v) is 3.77. The molecule has 2 aromatic carbocycles. The van der Waals surface area contributed by atoms with Gasteiger partial charge in [-0.05, 0) is 31.5 Å². The number of likely N-dealkylation sites (N-methyl/N-ethyl adjacent to an activating group) is 1. The lowest BCUT2D eigenvalue weighted by Crippen LogP contribution is -2.40. The highest BCUT2D eigenvalue weighted by molar-refractivity contribution is 5.83. The largest absolute Gasteiger partial charge is 0.493 e. The first kappa shape index (κ1) is 19.2. The van der Waals surface area contributed by atoms with E-state index in [1.807, 2.05) is 60.5 Å². The quantitative estimate of drug-likeness (QED) is 0.750. The molecule has 1 fully saturated rings. The summed E-state index contributed by atoms with van der Waals surface area (Å²) in [5.41, 5.74) is 2.01. The van der Waals surface area contributed by atoms with Gasteiger partial charge < -0.3 is 14.4 Å². The molecular weight excluding hydrogens is 340 g/mol. The Hall–Kier alpha value is -2.53. The minimum absolute atomic E-state index is 0.170. The van der Waals surface area contributed by atoms with E-state index >= 15 is 0 Å². The maximum atomic E-state index is 13.3. The lowest BCUT2D eigenvalue weighted by atomic mass is 10.0. The molecule has 0 aromatic heterocycles. The van der Waals surface area contributed by atoms with Crippen LogP contribution in [0.15, 0.2) is 48.5 Å². The van der Waals surface area contributed by atoms with Crippen LogP contribution in [0.1, 0.15) is 30.0 Å². The zero-order chi connectivity index (χ0) is 19.2. The van der Waals surface area contributed by atoms with Crippen LogP contribution in [0.25, 0.3) is 0 Å². The van der Waals surface area contributed by atoms with Gasteiger partial charge in [0.2, 0.25) is 5.91 Å². The Balaban J connectivity index is 1.89. The van der Waals surface area contributed by atoms with Crippen molar-refractivity contribution in [3.63, 3.8) is 0 Å². The van der Waals surface area contributed by atoms with Gasteiger partial charge in [0.15, 0.2) is 11.5 Å². The van der Waals surface area contributed by atoms with Crippen molar-refractivity contribution in [2.75, 3.05) is 34.4 Å². The van der Waals surface area contributed by atoms with Crippen LogP contribution in [0.5, 0.6) is 11.5 Å². The lowest BCUT2D eigenvalue weighted by Gasteiger charge is -2.31. The van der Waals surface area contributed by atoms with E-state index in [1.54, 1.807) is 14.2 Å². The van der Waals surface area contributed by atoms with Gasteiger partial charge in [0, 0.05) is 25.2 Å². The highest BCUT2D eigenvalue weighted by atomic mass is 16.5. The molecule has 3 rings (SSSR count). The number of hydrogen-bond acceptors (Lipinski definition) is 4. The van der Waals surface area contributed by atoms with Crippen LogP contribution in [0, 0.1) is 0 Å². The van der Waals surface area contributed by atoms with Crippen LogP contribution in [-0.4, -0.2) is 50.1 Å². The standard InChI is InChI=1S/C22H28N2O3/c1-23(16-18-12-9-13-19(26-2)21(18)27-3)20(17-10-5-4-6-11-17)22(25)24-14-7-8-15-24/h4-6,9-13,20H,7-8,14-16H2,1-3H3. The molecule has 0 radical (unpaired) electrons. The third kappa shape index (κ3) is 4.25. The molecule has 0 saturated carbocycles. The Morgan fingerprint density at radius 1 is 1.04 bits per heavy atom. The van der Waals surface area contributed by atoms with Gasteiger partial charge in [-0.15, -0.1) is 0 Å². The van der Waals surface area contributed by atoms with Gasteiger partial charge in [-0.25, -0.2) is 0 Å². The zero-order valence-electron chi connectivity index (χ0n) is 16.4. The third-order valence-corrected chi connectivity index (χ3v) is 5.11. The number of carbonyl (C=O) groups excluding carboxylic acids is 1. The van der Waals surface area contributed by atoms with Gasteiger partial charge in [-0.1, -0.05) is 42.5 Å². The number of carbonyl (C=O) groups is 1. The minimum Gasteiger partial charge on any atom is -0.493 e. The molecule has 5 heteroatoms. The molecular formula is C22H28N2O3. The van der Waals surface area contributed by atoms with Crippen molar-refractivity contribution in [1.29, 1.82) is 0 Å². The lowest BCUT2D eigenvalue weighted by molar-refractivity contribution is -0.136. The summed E-state index contributed by atoms with van der Waals surface area (Å²) in [6.45, 7) is 2.27. The summed E-state index contributed by atoms with van der Waals surface area (Å²) in [7, 11) is 5.27. The molecule has 144 valence electrons. The average Bonchev–Trinajstić information content (AvgIpc) is 3.23. The second-order valence-electron chi connectivity index (χ2n) is 6.91. The molecule has 1 heterocycles. The molecule has 27 heavy (non-hydrogen) atoms. The predicted molar refractivity (Wildman–Crippen MR) is 106 cm³/mol. The van der Waals surface area contributed by atoms with Crippen LogP contribution >= 0.6 is 0 Å². The molecule has 5 nitrogen and oxygen atoms in total. The first-order chi connectivity index (χ1) is 13.2. The van der Waals surface area contributed by atoms with E-state index in [9.17, 15) is 4.79 Å². The highest BCUT2D eigenvalue weighted by Crippen LogP contribution is 2.33. The van der Waals surface area contributed by atoms with Crippen LogP contribution in [0.3, 0.4) is 0 Å². The van der Waals surface area contributed by atoms with Crippen LogP contribution in [0.4, 0.5) is 0 Å². The first-order valence-corrected chi connectivity index (χ1v) is 9.39. The number of likely N-dealkylation sites (tertiary alicyclic amines) is 1. The normalized spacial score (nSPS) is 15.0. The smallest absolute Gasteiger partial charge is 0.244 e. The molecule has 1 saturated heterocycles. The third-order valence-electron chi connectivity index (χ3n) is 5.11. The van der Waals surface area contributed by atoms with Crippen molar-refractivity contribution in [2.24, 2.45) is 0 Å². The summed E-state index contributed by atoms with van der Waals surface area (Å²) in [5, 5.41) is 0. The van der Waals surface area contributed by atoms with E-state index < -0.39 is 0 Å². The molecule has 0 N–H and O–H groups in total. The highest BCUT2D eigenvalue weighted by Gasteiger charge is 2.31. The second-order valence-corrected chi connectivity index (χ2v) is 6.91. The van der Waals surface area contributed by atoms with E-state index in [-0.39, 0.29) is 11.9 Å². The van der Waals surface area contributed by atoms with E-state index in [4.69, 9.17) is 9.47 Å². The van der Waals surface area contributed by atoms with E-state index in [0.717, 1.165) is 37.1 Å². The Labute approximate surface area is 161 Å². The molecule has 2 aromatic rings. The van der Waals surface area contributed by atoms with Crippen LogP contribution < -0.4 is 9.47 Å². The molecule has 1 aliphatic heterocycles. The molecule has 1 amide bonds. The predicted octanol–water partition coefficient (Wildman–Crippen LogP) is 3.50. The number of hydrogen-bond donors (Lipinski definition) is 0. The number of nitrogens with zero attached hydrogens (tertiary/aromatic N) is 2. The van der Waals surface area contributed by atoms with Gasteiger partial charge in [0.25, 0.3) is 0 Å². The number of ether oxygens (including phenoxy) is 2. The van der Waals surface area contributed by atoms with Gasteiger partial charge in [0.05, 0.1) is 14.2 Å². The van der Waals surface area contributed by atoms with Gasteiger partial charge in [0.1, 0.15) is 6.04 Å². The Kier molecular flexibility index (Phi) is 6.35. The molecule has 1 atom stereocenters. The molecule has 0 bridgehead atoms. The van der Waals surface area contributed by atoms with Crippen LogP contribution in [0.2, 0.25) is 0 Å². The second kappa shape index (κ2) is 8.91.